The van der Waals surface area contributed by atoms with Crippen LogP contribution in [0.25, 0.3) is 10.9 Å². The number of aromatic nitrogens is 3. The molecule has 0 fully saturated rings. The monoisotopic (exact) mass is 477 g/mol. The summed E-state index contributed by atoms with van der Waals surface area (Å²) in [6, 6.07) is 16.7. The largest absolute Gasteiger partial charge is 0.488 e. The highest BCUT2D eigenvalue weighted by Gasteiger charge is 2.14. The van der Waals surface area contributed by atoms with Crippen molar-refractivity contribution in [1.29, 1.82) is 0 Å². The summed E-state index contributed by atoms with van der Waals surface area (Å²) in [5.74, 6) is 1.63. The van der Waals surface area contributed by atoms with Crippen LogP contribution in [0.3, 0.4) is 0 Å². The number of fused-ring (bicyclic) bond motifs is 1. The summed E-state index contributed by atoms with van der Waals surface area (Å²) in [6.45, 7) is 4.06. The lowest BCUT2D eigenvalue weighted by Crippen LogP contribution is -2.32. The smallest absolute Gasteiger partial charge is 0.217 e. The van der Waals surface area contributed by atoms with E-state index in [0.717, 1.165) is 22.3 Å². The fraction of sp³-hybridized carbons (Fsp3) is 0.200. The topological polar surface area (TPSA) is 98.3 Å². The van der Waals surface area contributed by atoms with Crippen molar-refractivity contribution in [3.8, 4) is 11.5 Å². The molecular weight excluding hydrogens is 454 g/mol. The van der Waals surface area contributed by atoms with Crippen molar-refractivity contribution in [1.82, 2.24) is 20.3 Å². The lowest BCUT2D eigenvalue weighted by Gasteiger charge is -2.18. The molecule has 0 unspecified atom stereocenters. The highest BCUT2D eigenvalue weighted by Crippen LogP contribution is 2.34. The van der Waals surface area contributed by atoms with E-state index < -0.39 is 0 Å². The molecule has 9 heteroatoms. The van der Waals surface area contributed by atoms with E-state index in [9.17, 15) is 4.79 Å². The summed E-state index contributed by atoms with van der Waals surface area (Å²) in [5.41, 5.74) is 2.27. The van der Waals surface area contributed by atoms with Gasteiger partial charge in [0.2, 0.25) is 5.91 Å². The van der Waals surface area contributed by atoms with E-state index in [1.165, 1.54) is 13.3 Å². The van der Waals surface area contributed by atoms with Crippen molar-refractivity contribution in [2.24, 2.45) is 0 Å². The predicted octanol–water partition coefficient (Wildman–Crippen LogP) is 4.90. The Morgan fingerprint density at radius 1 is 1.06 bits per heavy atom. The fourth-order valence-corrected chi connectivity index (χ4v) is 3.52. The van der Waals surface area contributed by atoms with Crippen LogP contribution in [0.2, 0.25) is 5.02 Å². The Kier molecular flexibility index (Phi) is 7.39. The van der Waals surface area contributed by atoms with Crippen LogP contribution < -0.4 is 20.1 Å². The van der Waals surface area contributed by atoms with Crippen LogP contribution in [0.15, 0.2) is 67.1 Å². The van der Waals surface area contributed by atoms with Crippen molar-refractivity contribution in [3.63, 3.8) is 0 Å². The predicted molar refractivity (Wildman–Crippen MR) is 132 cm³/mol. The molecule has 0 bridgehead atoms. The third-order valence-corrected chi connectivity index (χ3v) is 5.18. The molecule has 0 radical (unpaired) electrons. The second kappa shape index (κ2) is 10.8. The molecule has 4 rings (SSSR count). The summed E-state index contributed by atoms with van der Waals surface area (Å²) >= 11 is 6.46. The average molecular weight is 478 g/mol. The number of ether oxygens (including phenoxy) is 2. The van der Waals surface area contributed by atoms with Crippen LogP contribution in [0.1, 0.15) is 19.5 Å². The minimum absolute atomic E-state index is 0.108. The number of nitrogens with one attached hydrogen (secondary N) is 2. The summed E-state index contributed by atoms with van der Waals surface area (Å²) in [7, 11) is 0. The summed E-state index contributed by atoms with van der Waals surface area (Å²) in [5, 5.41) is 7.24. The number of amides is 1. The number of nitrogens with zero attached hydrogens (tertiary/aromatic N) is 3. The van der Waals surface area contributed by atoms with Crippen LogP contribution >= 0.6 is 11.6 Å². The van der Waals surface area contributed by atoms with Gasteiger partial charge in [-0.05, 0) is 49.4 Å². The van der Waals surface area contributed by atoms with Gasteiger partial charge in [-0.1, -0.05) is 23.7 Å². The maximum atomic E-state index is 11.2. The molecule has 0 aliphatic carbocycles. The van der Waals surface area contributed by atoms with Gasteiger partial charge in [0.15, 0.2) is 0 Å². The first kappa shape index (κ1) is 23.3. The van der Waals surface area contributed by atoms with E-state index in [1.54, 1.807) is 18.3 Å². The highest BCUT2D eigenvalue weighted by atomic mass is 35.5. The van der Waals surface area contributed by atoms with E-state index >= 15 is 0 Å². The summed E-state index contributed by atoms with van der Waals surface area (Å²) < 4.78 is 11.9. The number of anilines is 2. The number of halogens is 1. The zero-order valence-corrected chi connectivity index (χ0v) is 19.5. The van der Waals surface area contributed by atoms with Crippen molar-refractivity contribution < 1.29 is 14.3 Å². The number of carbonyl (C=O) groups is 1. The number of benzene rings is 2. The zero-order valence-electron chi connectivity index (χ0n) is 18.8. The number of carbonyl (C=O) groups excluding carboxylic acids is 1. The Morgan fingerprint density at radius 3 is 2.71 bits per heavy atom. The average Bonchev–Trinajstić information content (AvgIpc) is 2.83. The second-order valence-electron chi connectivity index (χ2n) is 7.62. The molecule has 0 saturated heterocycles. The molecule has 0 aliphatic heterocycles. The van der Waals surface area contributed by atoms with Crippen molar-refractivity contribution >= 4 is 39.9 Å². The Bertz CT molecular complexity index is 1280. The minimum atomic E-state index is -0.243. The van der Waals surface area contributed by atoms with Gasteiger partial charge in [0.05, 0.1) is 28.2 Å². The molecule has 0 saturated carbocycles. The maximum Gasteiger partial charge on any atom is 0.217 e. The first-order valence-electron chi connectivity index (χ1n) is 10.7. The first-order valence-corrected chi connectivity index (χ1v) is 11.1. The molecule has 4 aromatic rings. The molecule has 0 spiro atoms. The van der Waals surface area contributed by atoms with Gasteiger partial charge in [-0.25, -0.2) is 9.97 Å². The van der Waals surface area contributed by atoms with Gasteiger partial charge in [-0.2, -0.15) is 0 Å². The SMILES string of the molecule is CC(=O)NC[C@@H](C)Oc1cccc2ncnc(Nc3ccc(OCc4ccccn4)c(Cl)c3)c12. The molecule has 34 heavy (non-hydrogen) atoms. The highest BCUT2D eigenvalue weighted by molar-refractivity contribution is 6.32. The quantitative estimate of drug-likeness (QED) is 0.353. The van der Waals surface area contributed by atoms with Crippen molar-refractivity contribution in [2.45, 2.75) is 26.6 Å². The first-order chi connectivity index (χ1) is 16.5. The minimum Gasteiger partial charge on any atom is -0.488 e. The van der Waals surface area contributed by atoms with Gasteiger partial charge in [0.25, 0.3) is 0 Å². The Labute approximate surface area is 202 Å². The molecule has 8 nitrogen and oxygen atoms in total. The normalized spacial score (nSPS) is 11.6. The number of hydrogen-bond donors (Lipinski definition) is 2. The molecule has 2 N–H and O–H groups in total. The molecule has 2 heterocycles. The molecule has 174 valence electrons. The number of hydrogen-bond acceptors (Lipinski definition) is 7. The van der Waals surface area contributed by atoms with E-state index in [2.05, 4.69) is 25.6 Å². The maximum absolute atomic E-state index is 11.2. The Balaban J connectivity index is 1.53. The third-order valence-electron chi connectivity index (χ3n) is 4.89. The Hall–Kier alpha value is -3.91. The summed E-state index contributed by atoms with van der Waals surface area (Å²) in [6.07, 6.45) is 2.96. The standard InChI is InChI=1S/C25H24ClN5O3/c1-16(13-28-17(2)32)34-23-8-5-7-21-24(23)25(30-15-29-21)31-18-9-10-22(20(26)12-18)33-14-19-6-3-4-11-27-19/h3-12,15-16H,13-14H2,1-2H3,(H,28,32)(H,29,30,31)/t16-/m1/s1. The molecule has 0 aliphatic rings. The van der Waals surface area contributed by atoms with Crippen molar-refractivity contribution in [3.05, 3.63) is 77.8 Å². The molecule has 1 amide bonds. The number of rotatable bonds is 9. The van der Waals surface area contributed by atoms with Gasteiger partial charge in [-0.3, -0.25) is 9.78 Å². The number of pyridine rings is 1. The van der Waals surface area contributed by atoms with Crippen LogP contribution in [-0.4, -0.2) is 33.5 Å². The zero-order chi connectivity index (χ0) is 23.9. The molecular formula is C25H24ClN5O3. The van der Waals surface area contributed by atoms with Crippen LogP contribution in [-0.2, 0) is 11.4 Å². The van der Waals surface area contributed by atoms with Gasteiger partial charge in [0, 0.05) is 18.8 Å². The molecule has 1 atom stereocenters. The molecule has 2 aromatic carbocycles. The molecule has 2 aromatic heterocycles. The van der Waals surface area contributed by atoms with Gasteiger partial charge >= 0.3 is 0 Å². The van der Waals surface area contributed by atoms with Crippen LogP contribution in [0.4, 0.5) is 11.5 Å². The summed E-state index contributed by atoms with van der Waals surface area (Å²) in [4.78, 5) is 24.2. The van der Waals surface area contributed by atoms with E-state index in [4.69, 9.17) is 21.1 Å². The Morgan fingerprint density at radius 2 is 1.94 bits per heavy atom. The van der Waals surface area contributed by atoms with Gasteiger partial charge < -0.3 is 20.1 Å². The van der Waals surface area contributed by atoms with Gasteiger partial charge in [-0.15, -0.1) is 0 Å². The van der Waals surface area contributed by atoms with Crippen LogP contribution in [0.5, 0.6) is 11.5 Å². The third kappa shape index (κ3) is 5.90. The fourth-order valence-electron chi connectivity index (χ4n) is 3.28. The van der Waals surface area contributed by atoms with Gasteiger partial charge in [0.1, 0.15) is 36.4 Å². The van der Waals surface area contributed by atoms with E-state index in [0.29, 0.717) is 35.5 Å². The lowest BCUT2D eigenvalue weighted by atomic mass is 10.2. The van der Waals surface area contributed by atoms with E-state index in [-0.39, 0.29) is 12.0 Å². The lowest BCUT2D eigenvalue weighted by molar-refractivity contribution is -0.119. The van der Waals surface area contributed by atoms with E-state index in [1.807, 2.05) is 49.4 Å². The van der Waals surface area contributed by atoms with Crippen molar-refractivity contribution in [2.75, 3.05) is 11.9 Å². The second-order valence-corrected chi connectivity index (χ2v) is 8.03. The van der Waals surface area contributed by atoms with Crippen LogP contribution in [0, 0.1) is 0 Å².